The first-order valence-electron chi connectivity index (χ1n) is 8.14. The number of aryl methyl sites for hydroxylation is 1. The molecule has 0 fully saturated rings. The predicted octanol–water partition coefficient (Wildman–Crippen LogP) is 4.79. The summed E-state index contributed by atoms with van der Waals surface area (Å²) in [7, 11) is -0.335. The highest BCUT2D eigenvalue weighted by molar-refractivity contribution is 7.62. The van der Waals surface area contributed by atoms with Crippen LogP contribution in [0.2, 0.25) is 0 Å². The zero-order chi connectivity index (χ0) is 17.1. The quantitative estimate of drug-likeness (QED) is 0.762. The van der Waals surface area contributed by atoms with Gasteiger partial charge in [-0.3, -0.25) is 0 Å². The van der Waals surface area contributed by atoms with Crippen LogP contribution in [-0.4, -0.2) is 23.4 Å². The normalized spacial score (nSPS) is 18.4. The molecule has 0 radical (unpaired) electrons. The van der Waals surface area contributed by atoms with E-state index in [1.807, 2.05) is 6.92 Å². The van der Waals surface area contributed by atoms with Crippen LogP contribution < -0.4 is 5.32 Å². The van der Waals surface area contributed by atoms with Crippen LogP contribution in [0.4, 0.5) is 0 Å². The fourth-order valence-electron chi connectivity index (χ4n) is 3.33. The molecule has 2 N–H and O–H groups in total. The van der Waals surface area contributed by atoms with Gasteiger partial charge in [0, 0.05) is 17.3 Å². The first-order chi connectivity index (χ1) is 10.9. The largest absolute Gasteiger partial charge is 0.478 e. The van der Waals surface area contributed by atoms with Crippen molar-refractivity contribution in [2.45, 2.75) is 40.5 Å². The standard InChI is InChI=1S/C19H26NO2P/c1-6-23(7-2)18-14(5)20-13(4)16(19(21)22)17(18)15-10-8-12(3)9-11-15/h8-11,17,20H,6-7H2,1-5H3,(H,21,22). The first kappa shape index (κ1) is 17.7. The third-order valence-corrected chi connectivity index (χ3v) is 7.27. The molecule has 4 heteroatoms. The van der Waals surface area contributed by atoms with Crippen LogP contribution in [0.1, 0.15) is 44.7 Å². The molecule has 124 valence electrons. The number of aliphatic carboxylic acids is 1. The van der Waals surface area contributed by atoms with E-state index >= 15 is 0 Å². The molecule has 0 spiro atoms. The summed E-state index contributed by atoms with van der Waals surface area (Å²) < 4.78 is 0. The minimum atomic E-state index is -0.826. The monoisotopic (exact) mass is 331 g/mol. The summed E-state index contributed by atoms with van der Waals surface area (Å²) >= 11 is 0. The van der Waals surface area contributed by atoms with E-state index < -0.39 is 5.97 Å². The number of hydrogen-bond donors (Lipinski definition) is 2. The van der Waals surface area contributed by atoms with Gasteiger partial charge in [0.05, 0.1) is 5.57 Å². The van der Waals surface area contributed by atoms with Gasteiger partial charge in [0.15, 0.2) is 0 Å². The molecule has 0 saturated heterocycles. The number of nitrogens with one attached hydrogen (secondary N) is 1. The fourth-order valence-corrected chi connectivity index (χ4v) is 5.64. The van der Waals surface area contributed by atoms with Crippen LogP contribution in [0.5, 0.6) is 0 Å². The third-order valence-electron chi connectivity index (χ3n) is 4.47. The highest BCUT2D eigenvalue weighted by atomic mass is 31.1. The van der Waals surface area contributed by atoms with E-state index in [1.165, 1.54) is 10.9 Å². The van der Waals surface area contributed by atoms with Gasteiger partial charge in [0.2, 0.25) is 0 Å². The van der Waals surface area contributed by atoms with E-state index in [-0.39, 0.29) is 13.8 Å². The van der Waals surface area contributed by atoms with E-state index in [0.717, 1.165) is 29.3 Å². The molecule has 0 saturated carbocycles. The van der Waals surface area contributed by atoms with Gasteiger partial charge in [-0.1, -0.05) is 51.6 Å². The number of carbonyl (C=O) groups is 1. The molecule has 3 nitrogen and oxygen atoms in total. The molecule has 0 bridgehead atoms. The molecule has 1 atom stereocenters. The number of hydrogen-bond acceptors (Lipinski definition) is 2. The summed E-state index contributed by atoms with van der Waals surface area (Å²) in [6.07, 6.45) is 2.16. The van der Waals surface area contributed by atoms with Gasteiger partial charge in [-0.05, 0) is 44.0 Å². The molecule has 0 aromatic heterocycles. The Morgan fingerprint density at radius 1 is 1.09 bits per heavy atom. The molecular formula is C19H26NO2P. The maximum Gasteiger partial charge on any atom is 0.334 e. The molecule has 0 aliphatic carbocycles. The Hall–Kier alpha value is -1.60. The van der Waals surface area contributed by atoms with Crippen molar-refractivity contribution in [2.24, 2.45) is 0 Å². The van der Waals surface area contributed by atoms with Crippen LogP contribution in [0, 0.1) is 6.92 Å². The van der Waals surface area contributed by atoms with Gasteiger partial charge < -0.3 is 10.4 Å². The Bertz CT molecular complexity index is 654. The summed E-state index contributed by atoms with van der Waals surface area (Å²) in [6, 6.07) is 8.29. The molecule has 1 aromatic rings. The van der Waals surface area contributed by atoms with Crippen molar-refractivity contribution >= 4 is 13.9 Å². The lowest BCUT2D eigenvalue weighted by atomic mass is 9.86. The lowest BCUT2D eigenvalue weighted by Crippen LogP contribution is -2.28. The molecular weight excluding hydrogens is 305 g/mol. The van der Waals surface area contributed by atoms with Gasteiger partial charge in [-0.2, -0.15) is 0 Å². The number of carboxylic acids is 1. The number of carboxylic acid groups (broad SMARTS) is 1. The summed E-state index contributed by atoms with van der Waals surface area (Å²) in [6.45, 7) is 10.4. The van der Waals surface area contributed by atoms with Crippen molar-refractivity contribution in [3.63, 3.8) is 0 Å². The third kappa shape index (κ3) is 3.50. The van der Waals surface area contributed by atoms with Gasteiger partial charge in [0.1, 0.15) is 0 Å². The smallest absolute Gasteiger partial charge is 0.334 e. The van der Waals surface area contributed by atoms with E-state index in [9.17, 15) is 9.90 Å². The molecule has 1 heterocycles. The maximum absolute atomic E-state index is 12.0. The summed E-state index contributed by atoms with van der Waals surface area (Å²) in [4.78, 5) is 12.0. The Labute approximate surface area is 140 Å². The Morgan fingerprint density at radius 3 is 2.13 bits per heavy atom. The minimum Gasteiger partial charge on any atom is -0.478 e. The number of rotatable bonds is 5. The highest BCUT2D eigenvalue weighted by Crippen LogP contribution is 2.55. The first-order valence-corrected chi connectivity index (χ1v) is 9.85. The van der Waals surface area contributed by atoms with E-state index in [0.29, 0.717) is 5.57 Å². The van der Waals surface area contributed by atoms with Gasteiger partial charge in [-0.15, -0.1) is 0 Å². The lowest BCUT2D eigenvalue weighted by Gasteiger charge is -2.35. The number of dihydropyridines is 1. The number of benzene rings is 1. The molecule has 23 heavy (non-hydrogen) atoms. The molecule has 1 aliphatic rings. The average Bonchev–Trinajstić information content (AvgIpc) is 2.50. The average molecular weight is 331 g/mol. The summed E-state index contributed by atoms with van der Waals surface area (Å²) in [5.41, 5.74) is 4.65. The zero-order valence-electron chi connectivity index (χ0n) is 14.6. The van der Waals surface area contributed by atoms with E-state index in [4.69, 9.17) is 0 Å². The minimum absolute atomic E-state index is 0.139. The summed E-state index contributed by atoms with van der Waals surface area (Å²) in [5, 5.41) is 14.4. The second kappa shape index (κ2) is 7.31. The van der Waals surface area contributed by atoms with E-state index in [1.54, 1.807) is 0 Å². The SMILES string of the molecule is CCP(CC)C1=C(C)NC(C)=C(C(=O)O)C1c1ccc(C)cc1. The maximum atomic E-state index is 12.0. The molecule has 1 unspecified atom stereocenters. The molecule has 0 amide bonds. The summed E-state index contributed by atoms with van der Waals surface area (Å²) in [5.74, 6) is -0.965. The molecule has 1 aliphatic heterocycles. The van der Waals surface area contributed by atoms with Crippen LogP contribution in [0.15, 0.2) is 46.5 Å². The van der Waals surface area contributed by atoms with Crippen LogP contribution in [0.3, 0.4) is 0 Å². The van der Waals surface area contributed by atoms with Crippen molar-refractivity contribution in [1.82, 2.24) is 5.32 Å². The predicted molar refractivity (Wildman–Crippen MR) is 98.1 cm³/mol. The second-order valence-electron chi connectivity index (χ2n) is 6.00. The Kier molecular flexibility index (Phi) is 5.64. The van der Waals surface area contributed by atoms with Crippen LogP contribution in [-0.2, 0) is 4.79 Å². The Balaban J connectivity index is 2.65. The van der Waals surface area contributed by atoms with Crippen molar-refractivity contribution in [2.75, 3.05) is 12.3 Å². The van der Waals surface area contributed by atoms with Gasteiger partial charge in [-0.25, -0.2) is 4.79 Å². The van der Waals surface area contributed by atoms with Gasteiger partial charge >= 0.3 is 5.97 Å². The van der Waals surface area contributed by atoms with Gasteiger partial charge in [0.25, 0.3) is 0 Å². The fraction of sp³-hybridized carbons (Fsp3) is 0.421. The lowest BCUT2D eigenvalue weighted by molar-refractivity contribution is -0.133. The van der Waals surface area contributed by atoms with Crippen molar-refractivity contribution in [3.05, 3.63) is 57.7 Å². The number of allylic oxidation sites excluding steroid dienone is 3. The molecule has 2 rings (SSSR count). The van der Waals surface area contributed by atoms with Crippen LogP contribution in [0.25, 0.3) is 0 Å². The zero-order valence-corrected chi connectivity index (χ0v) is 15.5. The van der Waals surface area contributed by atoms with Crippen molar-refractivity contribution in [3.8, 4) is 0 Å². The Morgan fingerprint density at radius 2 is 1.65 bits per heavy atom. The molecule has 1 aromatic carbocycles. The van der Waals surface area contributed by atoms with Crippen LogP contribution >= 0.6 is 7.92 Å². The second-order valence-corrected chi connectivity index (χ2v) is 8.82. The highest BCUT2D eigenvalue weighted by Gasteiger charge is 2.35. The van der Waals surface area contributed by atoms with Crippen molar-refractivity contribution < 1.29 is 9.90 Å². The van der Waals surface area contributed by atoms with E-state index in [2.05, 4.69) is 57.3 Å². The van der Waals surface area contributed by atoms with Crippen molar-refractivity contribution in [1.29, 1.82) is 0 Å². The topological polar surface area (TPSA) is 49.3 Å².